The fourth-order valence-corrected chi connectivity index (χ4v) is 10.1. The number of anilines is 2. The number of esters is 1. The van der Waals surface area contributed by atoms with Crippen LogP contribution in [-0.4, -0.2) is 76.2 Å². The van der Waals surface area contributed by atoms with Crippen LogP contribution in [0.2, 0.25) is 0 Å². The molecule has 2 aromatic carbocycles. The monoisotopic (exact) mass is 631 g/mol. The highest BCUT2D eigenvalue weighted by Crippen LogP contribution is 2.72. The van der Waals surface area contributed by atoms with Crippen LogP contribution in [0.1, 0.15) is 51.6 Å². The molecule has 45 heavy (non-hydrogen) atoms. The first-order valence-corrected chi connectivity index (χ1v) is 16.8. The van der Waals surface area contributed by atoms with E-state index in [2.05, 4.69) is 31.9 Å². The van der Waals surface area contributed by atoms with E-state index in [1.165, 1.54) is 0 Å². The lowest BCUT2D eigenvalue weighted by Gasteiger charge is -2.39. The van der Waals surface area contributed by atoms with Crippen molar-refractivity contribution in [3.63, 3.8) is 0 Å². The Labute approximate surface area is 271 Å². The third kappa shape index (κ3) is 5.58. The van der Waals surface area contributed by atoms with Gasteiger partial charge in [-0.1, -0.05) is 42.5 Å². The lowest BCUT2D eigenvalue weighted by molar-refractivity contribution is -0.156. The molecule has 5 rings (SSSR count). The molecule has 8 nitrogen and oxygen atoms in total. The highest BCUT2D eigenvalue weighted by atomic mass is 32.2. The van der Waals surface area contributed by atoms with Crippen molar-refractivity contribution in [3.8, 4) is 0 Å². The molecule has 240 valence electrons. The molecule has 1 N–H and O–H groups in total. The first-order chi connectivity index (χ1) is 21.7. The van der Waals surface area contributed by atoms with Gasteiger partial charge in [-0.15, -0.1) is 24.9 Å². The number of thioether (sulfide) groups is 1. The number of aliphatic hydroxyl groups excluding tert-OH is 1. The van der Waals surface area contributed by atoms with Gasteiger partial charge in [-0.3, -0.25) is 14.4 Å². The minimum Gasteiger partial charge on any atom is -0.465 e. The van der Waals surface area contributed by atoms with Crippen molar-refractivity contribution >= 4 is 40.9 Å². The van der Waals surface area contributed by atoms with Gasteiger partial charge in [0.05, 0.1) is 35.8 Å². The zero-order chi connectivity index (χ0) is 32.4. The molecule has 2 amide bonds. The van der Waals surface area contributed by atoms with E-state index in [0.29, 0.717) is 24.9 Å². The number of hydrogen-bond acceptors (Lipinski definition) is 7. The molecule has 2 bridgehead atoms. The Balaban J connectivity index is 1.61. The van der Waals surface area contributed by atoms with Crippen molar-refractivity contribution in [2.45, 2.75) is 61.6 Å². The van der Waals surface area contributed by atoms with E-state index < -0.39 is 39.4 Å². The minimum absolute atomic E-state index is 0.194. The summed E-state index contributed by atoms with van der Waals surface area (Å²) in [6, 6.07) is 15.5. The molecule has 0 aromatic heterocycles. The first-order valence-electron chi connectivity index (χ1n) is 15.9. The molecule has 3 saturated heterocycles. The highest BCUT2D eigenvalue weighted by molar-refractivity contribution is 8.02. The third-order valence-corrected chi connectivity index (χ3v) is 11.8. The predicted octanol–water partition coefficient (Wildman–Crippen LogP) is 5.39. The van der Waals surface area contributed by atoms with Crippen molar-refractivity contribution in [1.29, 1.82) is 0 Å². The van der Waals surface area contributed by atoms with Crippen molar-refractivity contribution < 1.29 is 24.2 Å². The van der Waals surface area contributed by atoms with E-state index >= 15 is 4.79 Å². The largest absolute Gasteiger partial charge is 0.465 e. The van der Waals surface area contributed by atoms with Crippen LogP contribution < -0.4 is 9.80 Å². The van der Waals surface area contributed by atoms with Gasteiger partial charge >= 0.3 is 5.97 Å². The maximum atomic E-state index is 15.0. The standard InChI is InChI=1S/C36H45N3O5S/c1-6-10-23-44-34(43)30-29-32(41)39(28(24-40)25-14-12-11-13-15-25)31(36(29)21-20-35(30,5)45-36)33(42)38(22-7-2)27-18-16-26(17-19-27)37(8-3)9-4/h6-7,11-19,28-31,40H,1-2,8-10,20-24H2,3-5H3/t28-,29+,30+,31?,35-,36?/m1/s1. The van der Waals surface area contributed by atoms with Gasteiger partial charge in [0, 0.05) is 35.8 Å². The molecule has 0 radical (unpaired) electrons. The van der Waals surface area contributed by atoms with Gasteiger partial charge in [0.1, 0.15) is 6.04 Å². The second-order valence-corrected chi connectivity index (χ2v) is 14.2. The number of likely N-dealkylation sites (tertiary alicyclic amines) is 1. The Morgan fingerprint density at radius 2 is 1.73 bits per heavy atom. The summed E-state index contributed by atoms with van der Waals surface area (Å²) in [5.74, 6) is -2.39. The Morgan fingerprint density at radius 3 is 2.33 bits per heavy atom. The predicted molar refractivity (Wildman–Crippen MR) is 180 cm³/mol. The van der Waals surface area contributed by atoms with Crippen molar-refractivity contribution in [3.05, 3.63) is 85.5 Å². The van der Waals surface area contributed by atoms with Gasteiger partial charge in [0.2, 0.25) is 5.91 Å². The fraction of sp³-hybridized carbons (Fsp3) is 0.472. The Hall–Kier alpha value is -3.56. The SMILES string of the molecule is C=CCCOC(=O)[C@@H]1[C@H]2C(=O)N([C@H](CO)c3ccccc3)C(C(=O)N(CC=C)c3ccc(N(CC)CC)cc3)C23CC[C@@]1(C)S3. The van der Waals surface area contributed by atoms with E-state index in [9.17, 15) is 14.7 Å². The molecule has 9 heteroatoms. The number of aliphatic hydroxyl groups is 1. The van der Waals surface area contributed by atoms with Crippen LogP contribution in [0.3, 0.4) is 0 Å². The van der Waals surface area contributed by atoms with Gasteiger partial charge in [-0.2, -0.15) is 0 Å². The summed E-state index contributed by atoms with van der Waals surface area (Å²) < 4.78 is 4.29. The maximum Gasteiger partial charge on any atom is 0.311 e. The number of carbonyl (C=O) groups is 3. The number of hydrogen-bond donors (Lipinski definition) is 1. The van der Waals surface area contributed by atoms with E-state index in [-0.39, 0.29) is 31.6 Å². The zero-order valence-electron chi connectivity index (χ0n) is 26.6. The molecule has 3 aliphatic rings. The molecule has 6 atom stereocenters. The molecule has 3 aliphatic heterocycles. The summed E-state index contributed by atoms with van der Waals surface area (Å²) in [5, 5.41) is 10.8. The number of rotatable bonds is 14. The topological polar surface area (TPSA) is 90.4 Å². The second kappa shape index (κ2) is 13.4. The molecular formula is C36H45N3O5S. The fourth-order valence-electron chi connectivity index (χ4n) is 7.73. The summed E-state index contributed by atoms with van der Waals surface area (Å²) in [7, 11) is 0. The normalized spacial score (nSPS) is 27.2. The van der Waals surface area contributed by atoms with Crippen LogP contribution in [0.15, 0.2) is 79.9 Å². The molecule has 3 fully saturated rings. The van der Waals surface area contributed by atoms with Gasteiger partial charge in [-0.05, 0) is 69.9 Å². The number of ether oxygens (including phenoxy) is 1. The lowest BCUT2D eigenvalue weighted by Crippen LogP contribution is -2.56. The number of nitrogens with zero attached hydrogens (tertiary/aromatic N) is 3. The second-order valence-electron chi connectivity index (χ2n) is 12.3. The molecule has 2 unspecified atom stereocenters. The van der Waals surface area contributed by atoms with Crippen molar-refractivity contribution in [2.24, 2.45) is 11.8 Å². The molecule has 0 saturated carbocycles. The summed E-state index contributed by atoms with van der Waals surface area (Å²) in [4.78, 5) is 49.0. The summed E-state index contributed by atoms with van der Waals surface area (Å²) in [5.41, 5.74) is 2.50. The lowest BCUT2D eigenvalue weighted by atomic mass is 9.66. The Morgan fingerprint density at radius 1 is 1.07 bits per heavy atom. The summed E-state index contributed by atoms with van der Waals surface area (Å²) >= 11 is 1.59. The van der Waals surface area contributed by atoms with E-state index in [4.69, 9.17) is 4.74 Å². The van der Waals surface area contributed by atoms with Crippen LogP contribution in [0, 0.1) is 11.8 Å². The zero-order valence-corrected chi connectivity index (χ0v) is 27.4. The van der Waals surface area contributed by atoms with Gasteiger partial charge < -0.3 is 24.5 Å². The maximum absolute atomic E-state index is 15.0. The average Bonchev–Trinajstić information content (AvgIpc) is 3.62. The van der Waals surface area contributed by atoms with Crippen LogP contribution in [-0.2, 0) is 19.1 Å². The van der Waals surface area contributed by atoms with Gasteiger partial charge in [-0.25, -0.2) is 0 Å². The molecule has 0 aliphatic carbocycles. The Bertz CT molecular complexity index is 1410. The van der Waals surface area contributed by atoms with Crippen LogP contribution in [0.4, 0.5) is 11.4 Å². The van der Waals surface area contributed by atoms with Crippen molar-refractivity contribution in [2.75, 3.05) is 42.6 Å². The molecule has 3 heterocycles. The first kappa shape index (κ1) is 32.8. The molecule has 1 spiro atoms. The summed E-state index contributed by atoms with van der Waals surface area (Å²) in [6.07, 6.45) is 5.17. The quantitative estimate of drug-likeness (QED) is 0.170. The number of fused-ring (bicyclic) bond motifs is 1. The molecular weight excluding hydrogens is 586 g/mol. The smallest absolute Gasteiger partial charge is 0.311 e. The average molecular weight is 632 g/mol. The Kier molecular flexibility index (Phi) is 9.80. The highest BCUT2D eigenvalue weighted by Gasteiger charge is 2.78. The van der Waals surface area contributed by atoms with Crippen molar-refractivity contribution in [1.82, 2.24) is 4.90 Å². The van der Waals surface area contributed by atoms with Crippen LogP contribution >= 0.6 is 11.8 Å². The number of carbonyl (C=O) groups excluding carboxylic acids is 3. The third-order valence-electron chi connectivity index (χ3n) is 9.83. The number of amides is 2. The molecule has 2 aromatic rings. The minimum atomic E-state index is -0.910. The van der Waals surface area contributed by atoms with Crippen LogP contribution in [0.5, 0.6) is 0 Å². The van der Waals surface area contributed by atoms with Gasteiger partial charge in [0.25, 0.3) is 5.91 Å². The summed E-state index contributed by atoms with van der Waals surface area (Å²) in [6.45, 7) is 15.7. The van der Waals surface area contributed by atoms with E-state index in [0.717, 1.165) is 24.3 Å². The number of benzene rings is 2. The van der Waals surface area contributed by atoms with Gasteiger partial charge in [0.15, 0.2) is 0 Å². The van der Waals surface area contributed by atoms with E-state index in [1.807, 2.05) is 61.5 Å². The van der Waals surface area contributed by atoms with E-state index in [1.54, 1.807) is 33.7 Å². The van der Waals surface area contributed by atoms with Crippen LogP contribution in [0.25, 0.3) is 0 Å².